The summed E-state index contributed by atoms with van der Waals surface area (Å²) in [6, 6.07) is 6.47. The fraction of sp³-hybridized carbons (Fsp3) is 0.500. The predicted molar refractivity (Wildman–Crippen MR) is 72.7 cm³/mol. The molecule has 0 aliphatic heterocycles. The molecule has 0 radical (unpaired) electrons. The van der Waals surface area contributed by atoms with E-state index < -0.39 is 0 Å². The Kier molecular flexibility index (Phi) is 2.65. The van der Waals surface area contributed by atoms with Crippen LogP contribution in [0.2, 0.25) is 0 Å². The lowest BCUT2D eigenvalue weighted by atomic mass is 10.1. The summed E-state index contributed by atoms with van der Waals surface area (Å²) in [5.74, 6) is 2.12. The summed E-state index contributed by atoms with van der Waals surface area (Å²) in [4.78, 5) is 4.46. The number of rotatable bonds is 2. The molecule has 1 saturated carbocycles. The van der Waals surface area contributed by atoms with Gasteiger partial charge in [0.1, 0.15) is 5.75 Å². The van der Waals surface area contributed by atoms with Crippen LogP contribution in [0.3, 0.4) is 0 Å². The number of anilines is 1. The van der Waals surface area contributed by atoms with E-state index in [1.165, 1.54) is 19.3 Å². The Balaban J connectivity index is 2.14. The molecule has 1 aliphatic rings. The van der Waals surface area contributed by atoms with Gasteiger partial charge in [0, 0.05) is 12.1 Å². The van der Waals surface area contributed by atoms with Crippen LogP contribution in [0, 0.1) is 5.92 Å². The lowest BCUT2D eigenvalue weighted by Crippen LogP contribution is -2.14. The Labute approximate surface area is 107 Å². The van der Waals surface area contributed by atoms with Crippen molar-refractivity contribution in [1.82, 2.24) is 9.55 Å². The number of hydrogen-bond acceptors (Lipinski definition) is 3. The van der Waals surface area contributed by atoms with Crippen molar-refractivity contribution in [2.75, 3.05) is 12.8 Å². The first-order valence-electron chi connectivity index (χ1n) is 6.52. The molecular formula is C14H19N3O. The number of nitrogens with zero attached hydrogens (tertiary/aromatic N) is 2. The maximum atomic E-state index is 6.10. The summed E-state index contributed by atoms with van der Waals surface area (Å²) >= 11 is 0. The third kappa shape index (κ3) is 1.64. The van der Waals surface area contributed by atoms with E-state index in [2.05, 4.69) is 22.5 Å². The highest BCUT2D eigenvalue weighted by molar-refractivity contribution is 5.80. The quantitative estimate of drug-likeness (QED) is 0.885. The van der Waals surface area contributed by atoms with E-state index in [1.54, 1.807) is 7.11 Å². The largest absolute Gasteiger partial charge is 0.497 e. The van der Waals surface area contributed by atoms with Crippen LogP contribution in [-0.4, -0.2) is 16.7 Å². The van der Waals surface area contributed by atoms with Crippen LogP contribution in [0.1, 0.15) is 32.2 Å². The summed E-state index contributed by atoms with van der Waals surface area (Å²) in [6.45, 7) is 2.30. The van der Waals surface area contributed by atoms with Crippen LogP contribution < -0.4 is 10.5 Å². The van der Waals surface area contributed by atoms with Crippen molar-refractivity contribution in [2.45, 2.75) is 32.2 Å². The zero-order valence-electron chi connectivity index (χ0n) is 10.9. The lowest BCUT2D eigenvalue weighted by Gasteiger charge is -2.19. The molecule has 18 heavy (non-hydrogen) atoms. The third-order valence-corrected chi connectivity index (χ3v) is 4.07. The fourth-order valence-corrected chi connectivity index (χ4v) is 3.08. The number of nitrogens with two attached hydrogens (primary N) is 1. The van der Waals surface area contributed by atoms with Gasteiger partial charge in [-0.15, -0.1) is 0 Å². The summed E-state index contributed by atoms with van der Waals surface area (Å²) in [5.41, 5.74) is 8.14. The van der Waals surface area contributed by atoms with E-state index in [4.69, 9.17) is 10.5 Å². The van der Waals surface area contributed by atoms with Crippen LogP contribution in [0.4, 0.5) is 5.95 Å². The molecule has 1 aliphatic carbocycles. The van der Waals surface area contributed by atoms with Gasteiger partial charge in [-0.05, 0) is 30.9 Å². The minimum absolute atomic E-state index is 0.489. The smallest absolute Gasteiger partial charge is 0.201 e. The summed E-state index contributed by atoms with van der Waals surface area (Å²) in [5, 5.41) is 0. The van der Waals surface area contributed by atoms with Crippen LogP contribution in [-0.2, 0) is 0 Å². The molecule has 1 fully saturated rings. The fourth-order valence-electron chi connectivity index (χ4n) is 3.08. The molecule has 96 valence electrons. The lowest BCUT2D eigenvalue weighted by molar-refractivity contribution is 0.414. The molecule has 0 spiro atoms. The average Bonchev–Trinajstić information content (AvgIpc) is 2.90. The standard InChI is InChI=1S/C14H19N3O/c1-9-4-3-5-12(9)17-13-7-6-10(18-2)8-11(13)16-14(17)15/h6-9,12H,3-5H2,1-2H3,(H2,15,16). The van der Waals surface area contributed by atoms with Gasteiger partial charge in [0.15, 0.2) is 0 Å². The Morgan fingerprint density at radius 1 is 1.39 bits per heavy atom. The Morgan fingerprint density at radius 2 is 2.22 bits per heavy atom. The van der Waals surface area contributed by atoms with Gasteiger partial charge in [-0.25, -0.2) is 4.98 Å². The molecule has 0 amide bonds. The minimum Gasteiger partial charge on any atom is -0.497 e. The minimum atomic E-state index is 0.489. The average molecular weight is 245 g/mol. The molecule has 1 aromatic heterocycles. The number of hydrogen-bond donors (Lipinski definition) is 1. The molecule has 0 bridgehead atoms. The van der Waals surface area contributed by atoms with Crippen molar-refractivity contribution in [2.24, 2.45) is 5.92 Å². The third-order valence-electron chi connectivity index (χ3n) is 4.07. The zero-order valence-corrected chi connectivity index (χ0v) is 10.9. The monoisotopic (exact) mass is 245 g/mol. The van der Waals surface area contributed by atoms with Gasteiger partial charge < -0.3 is 15.0 Å². The number of aromatic nitrogens is 2. The zero-order chi connectivity index (χ0) is 12.7. The summed E-state index contributed by atoms with van der Waals surface area (Å²) < 4.78 is 7.43. The second kappa shape index (κ2) is 4.19. The van der Waals surface area contributed by atoms with Gasteiger partial charge in [-0.1, -0.05) is 13.3 Å². The number of nitrogen functional groups attached to an aromatic ring is 1. The first-order valence-corrected chi connectivity index (χ1v) is 6.52. The van der Waals surface area contributed by atoms with Crippen LogP contribution in [0.25, 0.3) is 11.0 Å². The number of methoxy groups -OCH3 is 1. The highest BCUT2D eigenvalue weighted by Gasteiger charge is 2.27. The van der Waals surface area contributed by atoms with Gasteiger partial charge in [-0.2, -0.15) is 0 Å². The molecular weight excluding hydrogens is 226 g/mol. The van der Waals surface area contributed by atoms with E-state index in [1.807, 2.05) is 12.1 Å². The highest BCUT2D eigenvalue weighted by atomic mass is 16.5. The van der Waals surface area contributed by atoms with Crippen molar-refractivity contribution >= 4 is 17.0 Å². The van der Waals surface area contributed by atoms with Crippen LogP contribution in [0.15, 0.2) is 18.2 Å². The Hall–Kier alpha value is -1.71. The highest BCUT2D eigenvalue weighted by Crippen LogP contribution is 2.39. The van der Waals surface area contributed by atoms with E-state index >= 15 is 0 Å². The predicted octanol–water partition coefficient (Wildman–Crippen LogP) is 2.99. The SMILES string of the molecule is COc1ccc2c(c1)nc(N)n2C1CCCC1C. The molecule has 2 N–H and O–H groups in total. The van der Waals surface area contributed by atoms with E-state index in [9.17, 15) is 0 Å². The first kappa shape index (κ1) is 11.4. The number of fused-ring (bicyclic) bond motifs is 1. The van der Waals surface area contributed by atoms with Crippen molar-refractivity contribution in [3.63, 3.8) is 0 Å². The maximum absolute atomic E-state index is 6.10. The summed E-state index contributed by atoms with van der Waals surface area (Å²) in [7, 11) is 1.67. The van der Waals surface area contributed by atoms with Crippen LogP contribution >= 0.6 is 0 Å². The molecule has 0 saturated heterocycles. The number of benzene rings is 1. The molecule has 1 heterocycles. The molecule has 2 atom stereocenters. The Morgan fingerprint density at radius 3 is 2.89 bits per heavy atom. The van der Waals surface area contributed by atoms with Gasteiger partial charge >= 0.3 is 0 Å². The maximum Gasteiger partial charge on any atom is 0.201 e. The number of ether oxygens (including phenoxy) is 1. The van der Waals surface area contributed by atoms with E-state index in [0.717, 1.165) is 16.8 Å². The van der Waals surface area contributed by atoms with Gasteiger partial charge in [-0.3, -0.25) is 0 Å². The van der Waals surface area contributed by atoms with Gasteiger partial charge in [0.05, 0.1) is 18.1 Å². The Bertz CT molecular complexity index is 576. The molecule has 4 nitrogen and oxygen atoms in total. The second-order valence-corrected chi connectivity index (χ2v) is 5.17. The normalized spacial score (nSPS) is 23.7. The topological polar surface area (TPSA) is 53.1 Å². The van der Waals surface area contributed by atoms with Crippen molar-refractivity contribution in [3.8, 4) is 5.75 Å². The number of imidazole rings is 1. The van der Waals surface area contributed by atoms with Crippen molar-refractivity contribution < 1.29 is 4.74 Å². The molecule has 1 aromatic carbocycles. The molecule has 4 heteroatoms. The summed E-state index contributed by atoms with van der Waals surface area (Å²) in [6.07, 6.45) is 3.75. The second-order valence-electron chi connectivity index (χ2n) is 5.17. The molecule has 2 unspecified atom stereocenters. The van der Waals surface area contributed by atoms with Gasteiger partial charge in [0.25, 0.3) is 0 Å². The van der Waals surface area contributed by atoms with E-state index in [-0.39, 0.29) is 0 Å². The van der Waals surface area contributed by atoms with Gasteiger partial charge in [0.2, 0.25) is 5.95 Å². The molecule has 2 aromatic rings. The van der Waals surface area contributed by atoms with Crippen molar-refractivity contribution in [3.05, 3.63) is 18.2 Å². The molecule has 3 rings (SSSR count). The first-order chi connectivity index (χ1) is 8.70. The van der Waals surface area contributed by atoms with E-state index in [0.29, 0.717) is 17.9 Å². The van der Waals surface area contributed by atoms with Crippen LogP contribution in [0.5, 0.6) is 5.75 Å². The van der Waals surface area contributed by atoms with Crippen molar-refractivity contribution in [1.29, 1.82) is 0 Å².